The number of nitriles is 1. The summed E-state index contributed by atoms with van der Waals surface area (Å²) < 4.78 is 2.16. The fraction of sp³-hybridized carbons (Fsp3) is 0.526. The van der Waals surface area contributed by atoms with Crippen LogP contribution >= 0.6 is 0 Å². The molecule has 2 N–H and O–H groups in total. The summed E-state index contributed by atoms with van der Waals surface area (Å²) in [5, 5.41) is 23.0. The van der Waals surface area contributed by atoms with E-state index in [4.69, 9.17) is 10.2 Å². The average molecular weight is 350 g/mol. The fourth-order valence-electron chi connectivity index (χ4n) is 4.96. The van der Waals surface area contributed by atoms with Crippen LogP contribution in [0.2, 0.25) is 0 Å². The van der Waals surface area contributed by atoms with Crippen LogP contribution in [0.25, 0.3) is 22.1 Å². The van der Waals surface area contributed by atoms with E-state index in [0.29, 0.717) is 30.2 Å². The number of hydrogen-bond acceptors (Lipinski definition) is 5. The third-order valence-corrected chi connectivity index (χ3v) is 5.98. The minimum absolute atomic E-state index is 0.393. The molecule has 2 unspecified atom stereocenters. The number of fused-ring (bicyclic) bond motifs is 5. The molecule has 0 aromatic carbocycles. The molecule has 0 amide bonds. The third kappa shape index (κ3) is 2.15. The zero-order valence-corrected chi connectivity index (χ0v) is 14.8. The standard InChI is InChI=1S/C19H22N6O/c1-11(26)19-23-16-10-22-18-15(5-7-21-18)17(16)25(19)24-13-2-3-14(24)9-12(8-13)4-6-20/h5,7,10-14,26H,2-4,8-9H2,1H3,(H,21,22)/t11-,12?,13?,14?/m1/s1. The second kappa shape index (κ2) is 5.71. The highest BCUT2D eigenvalue weighted by Gasteiger charge is 2.42. The Kier molecular flexibility index (Phi) is 3.44. The first-order valence-corrected chi connectivity index (χ1v) is 9.35. The molecular weight excluding hydrogens is 328 g/mol. The van der Waals surface area contributed by atoms with E-state index in [2.05, 4.69) is 25.7 Å². The van der Waals surface area contributed by atoms with Crippen molar-refractivity contribution in [2.24, 2.45) is 5.92 Å². The highest BCUT2D eigenvalue weighted by atomic mass is 16.3. The summed E-state index contributed by atoms with van der Waals surface area (Å²) >= 11 is 0. The van der Waals surface area contributed by atoms with Crippen molar-refractivity contribution in [1.29, 1.82) is 5.26 Å². The Morgan fingerprint density at radius 1 is 1.38 bits per heavy atom. The van der Waals surface area contributed by atoms with Gasteiger partial charge in [0.25, 0.3) is 0 Å². The Balaban J connectivity index is 1.70. The van der Waals surface area contributed by atoms with Crippen LogP contribution < -0.4 is 5.01 Å². The summed E-state index contributed by atoms with van der Waals surface area (Å²) in [4.78, 5) is 12.3. The van der Waals surface area contributed by atoms with E-state index in [-0.39, 0.29) is 0 Å². The van der Waals surface area contributed by atoms with Crippen molar-refractivity contribution in [3.8, 4) is 6.07 Å². The molecule has 7 heteroatoms. The highest BCUT2D eigenvalue weighted by Crippen LogP contribution is 2.41. The van der Waals surface area contributed by atoms with Gasteiger partial charge in [0.2, 0.25) is 0 Å². The molecule has 7 nitrogen and oxygen atoms in total. The number of imidazole rings is 1. The summed E-state index contributed by atoms with van der Waals surface area (Å²) in [6, 6.07) is 5.16. The minimum Gasteiger partial charge on any atom is -0.385 e. The van der Waals surface area contributed by atoms with Gasteiger partial charge in [-0.15, -0.1) is 0 Å². The number of H-pyrrole nitrogens is 1. The monoisotopic (exact) mass is 350 g/mol. The second-order valence-corrected chi connectivity index (χ2v) is 7.65. The highest BCUT2D eigenvalue weighted by molar-refractivity contribution is 6.01. The van der Waals surface area contributed by atoms with Gasteiger partial charge in [-0.2, -0.15) is 5.26 Å². The van der Waals surface area contributed by atoms with E-state index in [9.17, 15) is 5.11 Å². The van der Waals surface area contributed by atoms with E-state index >= 15 is 0 Å². The molecule has 5 heterocycles. The van der Waals surface area contributed by atoms with E-state index in [1.54, 1.807) is 13.1 Å². The first-order chi connectivity index (χ1) is 12.7. The number of piperidine rings is 1. The maximum atomic E-state index is 10.4. The van der Waals surface area contributed by atoms with Gasteiger partial charge in [-0.3, -0.25) is 0 Å². The van der Waals surface area contributed by atoms with Crippen LogP contribution in [0.1, 0.15) is 51.0 Å². The summed E-state index contributed by atoms with van der Waals surface area (Å²) in [6.07, 6.45) is 7.98. The van der Waals surface area contributed by atoms with Gasteiger partial charge in [-0.25, -0.2) is 14.6 Å². The van der Waals surface area contributed by atoms with Crippen molar-refractivity contribution in [3.63, 3.8) is 0 Å². The predicted molar refractivity (Wildman–Crippen MR) is 98.0 cm³/mol. The predicted octanol–water partition coefficient (Wildman–Crippen LogP) is 2.76. The molecule has 3 aromatic heterocycles. The van der Waals surface area contributed by atoms with Crippen LogP contribution in [0.3, 0.4) is 0 Å². The number of rotatable bonds is 3. The van der Waals surface area contributed by atoms with Crippen molar-refractivity contribution in [2.75, 3.05) is 5.01 Å². The third-order valence-electron chi connectivity index (χ3n) is 5.98. The maximum absolute atomic E-state index is 10.4. The van der Waals surface area contributed by atoms with Crippen molar-refractivity contribution < 1.29 is 5.11 Å². The smallest absolute Gasteiger partial charge is 0.157 e. The normalized spacial score (nSPS) is 26.5. The lowest BCUT2D eigenvalue weighted by atomic mass is 9.89. The van der Waals surface area contributed by atoms with Crippen molar-refractivity contribution in [2.45, 2.75) is 57.2 Å². The number of hydrogen-bond donors (Lipinski definition) is 2. The Morgan fingerprint density at radius 2 is 2.15 bits per heavy atom. The molecule has 2 saturated heterocycles. The number of aromatic amines is 1. The van der Waals surface area contributed by atoms with Crippen molar-refractivity contribution >= 4 is 22.1 Å². The molecule has 2 bridgehead atoms. The first-order valence-electron chi connectivity index (χ1n) is 9.35. The molecule has 0 radical (unpaired) electrons. The Bertz CT molecular complexity index is 998. The minimum atomic E-state index is -0.660. The summed E-state index contributed by atoms with van der Waals surface area (Å²) in [5.74, 6) is 1.15. The van der Waals surface area contributed by atoms with Gasteiger partial charge in [-0.05, 0) is 44.6 Å². The molecular formula is C19H22N6O. The lowest BCUT2D eigenvalue weighted by Crippen LogP contribution is -2.50. The number of nitrogens with one attached hydrogen (secondary N) is 1. The number of aliphatic hydroxyl groups excluding tert-OH is 1. The summed E-state index contributed by atoms with van der Waals surface area (Å²) in [6.45, 7) is 1.77. The van der Waals surface area contributed by atoms with Crippen LogP contribution in [0, 0.1) is 17.2 Å². The molecule has 2 aliphatic heterocycles. The maximum Gasteiger partial charge on any atom is 0.157 e. The Hall–Kier alpha value is -2.59. The molecule has 134 valence electrons. The van der Waals surface area contributed by atoms with Gasteiger partial charge >= 0.3 is 0 Å². The van der Waals surface area contributed by atoms with Gasteiger partial charge in [0.1, 0.15) is 22.8 Å². The lowest BCUT2D eigenvalue weighted by molar-refractivity contribution is 0.179. The molecule has 0 aliphatic carbocycles. The van der Waals surface area contributed by atoms with Crippen LogP contribution in [0.4, 0.5) is 0 Å². The van der Waals surface area contributed by atoms with E-state index in [1.165, 1.54) is 0 Å². The molecule has 3 atom stereocenters. The van der Waals surface area contributed by atoms with E-state index in [1.807, 2.05) is 12.3 Å². The second-order valence-electron chi connectivity index (χ2n) is 7.65. The largest absolute Gasteiger partial charge is 0.385 e. The molecule has 2 fully saturated rings. The molecule has 0 saturated carbocycles. The van der Waals surface area contributed by atoms with Crippen LogP contribution in [0.15, 0.2) is 18.5 Å². The van der Waals surface area contributed by atoms with Gasteiger partial charge in [-0.1, -0.05) is 0 Å². The van der Waals surface area contributed by atoms with Gasteiger partial charge in [0.05, 0.1) is 12.3 Å². The summed E-state index contributed by atoms with van der Waals surface area (Å²) in [7, 11) is 0. The molecule has 3 aromatic rings. The van der Waals surface area contributed by atoms with Crippen LogP contribution in [-0.2, 0) is 0 Å². The number of aliphatic hydroxyl groups is 1. The average Bonchev–Trinajstić information content (AvgIpc) is 3.28. The number of nitrogens with zero attached hydrogens (tertiary/aromatic N) is 5. The van der Waals surface area contributed by atoms with Crippen molar-refractivity contribution in [1.82, 2.24) is 19.6 Å². The topological polar surface area (TPSA) is 93.8 Å². The van der Waals surface area contributed by atoms with Crippen LogP contribution in [0.5, 0.6) is 0 Å². The Labute approximate surface area is 151 Å². The van der Waals surface area contributed by atoms with Gasteiger partial charge in [0.15, 0.2) is 5.82 Å². The molecule has 5 rings (SSSR count). The van der Waals surface area contributed by atoms with Crippen molar-refractivity contribution in [3.05, 3.63) is 24.3 Å². The number of aromatic nitrogens is 4. The summed E-state index contributed by atoms with van der Waals surface area (Å²) in [5.41, 5.74) is 2.66. The van der Waals surface area contributed by atoms with E-state index < -0.39 is 6.10 Å². The van der Waals surface area contributed by atoms with Gasteiger partial charge in [0, 0.05) is 30.1 Å². The Morgan fingerprint density at radius 3 is 2.85 bits per heavy atom. The fourth-order valence-corrected chi connectivity index (χ4v) is 4.96. The van der Waals surface area contributed by atoms with Gasteiger partial charge < -0.3 is 15.1 Å². The molecule has 0 spiro atoms. The zero-order valence-electron chi connectivity index (χ0n) is 14.8. The number of pyridine rings is 1. The first kappa shape index (κ1) is 15.6. The van der Waals surface area contributed by atoms with Crippen LogP contribution in [-0.4, -0.2) is 36.8 Å². The lowest BCUT2D eigenvalue weighted by Gasteiger charge is -2.41. The molecule has 26 heavy (non-hydrogen) atoms. The zero-order chi connectivity index (χ0) is 17.8. The quantitative estimate of drug-likeness (QED) is 0.757. The SMILES string of the molecule is C[C@@H](O)c1nc2cnc3[nH]ccc3c2n1N1C2CCC1CC(CC#N)C2. The van der Waals surface area contributed by atoms with E-state index in [0.717, 1.165) is 47.8 Å². The molecule has 2 aliphatic rings.